The Labute approximate surface area is 95.1 Å². The highest BCUT2D eigenvalue weighted by molar-refractivity contribution is 5.44. The zero-order chi connectivity index (χ0) is 11.5. The summed E-state index contributed by atoms with van der Waals surface area (Å²) >= 11 is 0. The molecule has 88 valence electrons. The van der Waals surface area contributed by atoms with E-state index in [-0.39, 0.29) is 5.56 Å². The molecular formula is C11H18N4O. The fraction of sp³-hybridized carbons (Fsp3) is 0.636. The molecule has 0 amide bonds. The van der Waals surface area contributed by atoms with E-state index < -0.39 is 0 Å². The molecule has 0 saturated carbocycles. The number of nitrogens with one attached hydrogen (secondary N) is 1. The summed E-state index contributed by atoms with van der Waals surface area (Å²) in [7, 11) is 2.13. The minimum absolute atomic E-state index is 0.137. The Bertz CT molecular complexity index is 403. The lowest BCUT2D eigenvalue weighted by atomic mass is 10.2. The summed E-state index contributed by atoms with van der Waals surface area (Å²) < 4.78 is 0. The number of likely N-dealkylation sites (N-methyl/N-ethyl adjacent to an activating group) is 1. The van der Waals surface area contributed by atoms with Crippen molar-refractivity contribution in [1.82, 2.24) is 15.1 Å². The Morgan fingerprint density at radius 1 is 1.50 bits per heavy atom. The molecule has 16 heavy (non-hydrogen) atoms. The molecule has 5 nitrogen and oxygen atoms in total. The van der Waals surface area contributed by atoms with Gasteiger partial charge < -0.3 is 9.80 Å². The van der Waals surface area contributed by atoms with Crippen LogP contribution in [-0.4, -0.2) is 47.8 Å². The van der Waals surface area contributed by atoms with E-state index in [0.29, 0.717) is 6.04 Å². The number of hydrogen-bond donors (Lipinski definition) is 1. The van der Waals surface area contributed by atoms with E-state index in [1.807, 2.05) is 0 Å². The standard InChI is InChI=1S/C11H18N4O/c1-9-8-14(2)4-3-5-15(9)10-6-11(16)13-12-7-10/h6-7,9H,3-5,8H2,1-2H3,(H,13,16). The lowest BCUT2D eigenvalue weighted by Crippen LogP contribution is -2.38. The van der Waals surface area contributed by atoms with E-state index in [1.165, 1.54) is 0 Å². The summed E-state index contributed by atoms with van der Waals surface area (Å²) in [5, 5.41) is 6.26. The Kier molecular flexibility index (Phi) is 3.24. The van der Waals surface area contributed by atoms with Crippen molar-refractivity contribution in [2.75, 3.05) is 31.6 Å². The van der Waals surface area contributed by atoms with Gasteiger partial charge in [-0.2, -0.15) is 5.10 Å². The first-order valence-corrected chi connectivity index (χ1v) is 5.67. The zero-order valence-electron chi connectivity index (χ0n) is 9.81. The molecular weight excluding hydrogens is 204 g/mol. The smallest absolute Gasteiger partial charge is 0.266 e. The fourth-order valence-corrected chi connectivity index (χ4v) is 2.28. The number of H-pyrrole nitrogens is 1. The third-order valence-electron chi connectivity index (χ3n) is 3.03. The molecule has 1 saturated heterocycles. The molecule has 0 aliphatic carbocycles. The van der Waals surface area contributed by atoms with E-state index >= 15 is 0 Å². The first-order valence-electron chi connectivity index (χ1n) is 5.67. The van der Waals surface area contributed by atoms with Crippen LogP contribution in [0.15, 0.2) is 17.1 Å². The van der Waals surface area contributed by atoms with E-state index in [2.05, 4.69) is 34.0 Å². The summed E-state index contributed by atoms with van der Waals surface area (Å²) in [5.74, 6) is 0. The van der Waals surface area contributed by atoms with Gasteiger partial charge in [-0.25, -0.2) is 5.10 Å². The van der Waals surface area contributed by atoms with Gasteiger partial charge in [0, 0.05) is 25.2 Å². The molecule has 1 aromatic rings. The Morgan fingerprint density at radius 3 is 3.06 bits per heavy atom. The van der Waals surface area contributed by atoms with Gasteiger partial charge in [-0.3, -0.25) is 4.79 Å². The third kappa shape index (κ3) is 2.41. The summed E-state index contributed by atoms with van der Waals surface area (Å²) in [6.07, 6.45) is 2.84. The van der Waals surface area contributed by atoms with E-state index in [9.17, 15) is 4.79 Å². The van der Waals surface area contributed by atoms with Crippen molar-refractivity contribution in [2.45, 2.75) is 19.4 Å². The van der Waals surface area contributed by atoms with Crippen LogP contribution in [0, 0.1) is 0 Å². The quantitative estimate of drug-likeness (QED) is 0.742. The van der Waals surface area contributed by atoms with Crippen LogP contribution >= 0.6 is 0 Å². The predicted octanol–water partition coefficient (Wildman–Crippen LogP) is 0.300. The molecule has 1 aromatic heterocycles. The third-order valence-corrected chi connectivity index (χ3v) is 3.03. The van der Waals surface area contributed by atoms with Crippen molar-refractivity contribution < 1.29 is 0 Å². The van der Waals surface area contributed by atoms with Crippen molar-refractivity contribution in [3.05, 3.63) is 22.6 Å². The van der Waals surface area contributed by atoms with Crippen LogP contribution in [0.2, 0.25) is 0 Å². The highest BCUT2D eigenvalue weighted by Gasteiger charge is 2.20. The molecule has 0 bridgehead atoms. The Balaban J connectivity index is 2.22. The minimum Gasteiger partial charge on any atom is -0.366 e. The van der Waals surface area contributed by atoms with Gasteiger partial charge >= 0.3 is 0 Å². The normalized spacial score (nSPS) is 23.1. The molecule has 2 rings (SSSR count). The highest BCUT2D eigenvalue weighted by Crippen LogP contribution is 2.17. The Morgan fingerprint density at radius 2 is 2.31 bits per heavy atom. The highest BCUT2D eigenvalue weighted by atomic mass is 16.1. The fourth-order valence-electron chi connectivity index (χ4n) is 2.28. The van der Waals surface area contributed by atoms with Crippen molar-refractivity contribution in [3.8, 4) is 0 Å². The molecule has 1 fully saturated rings. The Hall–Kier alpha value is -1.36. The van der Waals surface area contributed by atoms with Crippen LogP contribution in [0.3, 0.4) is 0 Å². The van der Waals surface area contributed by atoms with E-state index in [1.54, 1.807) is 12.3 Å². The van der Waals surface area contributed by atoms with Crippen molar-refractivity contribution in [2.24, 2.45) is 0 Å². The van der Waals surface area contributed by atoms with Crippen LogP contribution in [0.4, 0.5) is 5.69 Å². The van der Waals surface area contributed by atoms with Gasteiger partial charge in [0.2, 0.25) is 0 Å². The van der Waals surface area contributed by atoms with Gasteiger partial charge in [0.05, 0.1) is 11.9 Å². The van der Waals surface area contributed by atoms with Crippen molar-refractivity contribution in [1.29, 1.82) is 0 Å². The molecule has 0 radical (unpaired) electrons. The van der Waals surface area contributed by atoms with Crippen LogP contribution < -0.4 is 10.5 Å². The molecule has 0 spiro atoms. The van der Waals surface area contributed by atoms with Crippen LogP contribution in [0.25, 0.3) is 0 Å². The number of anilines is 1. The van der Waals surface area contributed by atoms with Crippen molar-refractivity contribution >= 4 is 5.69 Å². The number of nitrogens with zero attached hydrogens (tertiary/aromatic N) is 3. The second kappa shape index (κ2) is 4.65. The van der Waals surface area contributed by atoms with Crippen molar-refractivity contribution in [3.63, 3.8) is 0 Å². The van der Waals surface area contributed by atoms with Crippen LogP contribution in [0.5, 0.6) is 0 Å². The maximum Gasteiger partial charge on any atom is 0.266 e. The second-order valence-electron chi connectivity index (χ2n) is 4.46. The topological polar surface area (TPSA) is 52.2 Å². The lowest BCUT2D eigenvalue weighted by Gasteiger charge is -2.29. The first-order chi connectivity index (χ1) is 7.66. The monoisotopic (exact) mass is 222 g/mol. The minimum atomic E-state index is -0.137. The molecule has 1 atom stereocenters. The molecule has 5 heteroatoms. The summed E-state index contributed by atoms with van der Waals surface area (Å²) in [6.45, 7) is 5.30. The molecule has 1 aliphatic heterocycles. The van der Waals surface area contributed by atoms with E-state index in [0.717, 1.165) is 31.7 Å². The van der Waals surface area contributed by atoms with Gasteiger partial charge in [0.1, 0.15) is 0 Å². The first kappa shape index (κ1) is 11.1. The summed E-state index contributed by atoms with van der Waals surface area (Å²) in [6, 6.07) is 2.03. The predicted molar refractivity (Wildman–Crippen MR) is 63.8 cm³/mol. The maximum absolute atomic E-state index is 11.2. The van der Waals surface area contributed by atoms with Gasteiger partial charge in [0.15, 0.2) is 0 Å². The summed E-state index contributed by atoms with van der Waals surface area (Å²) in [4.78, 5) is 15.8. The number of aromatic nitrogens is 2. The average Bonchev–Trinajstić information content (AvgIpc) is 2.39. The summed E-state index contributed by atoms with van der Waals surface area (Å²) in [5.41, 5.74) is 0.786. The van der Waals surface area contributed by atoms with Gasteiger partial charge in [-0.1, -0.05) is 0 Å². The molecule has 1 aliphatic rings. The number of hydrogen-bond acceptors (Lipinski definition) is 4. The van der Waals surface area contributed by atoms with Crippen LogP contribution in [-0.2, 0) is 0 Å². The average molecular weight is 222 g/mol. The van der Waals surface area contributed by atoms with Crippen LogP contribution in [0.1, 0.15) is 13.3 Å². The molecule has 1 N–H and O–H groups in total. The van der Waals surface area contributed by atoms with Gasteiger partial charge in [-0.05, 0) is 26.9 Å². The molecule has 0 aromatic carbocycles. The molecule has 2 heterocycles. The van der Waals surface area contributed by atoms with Gasteiger partial charge in [-0.15, -0.1) is 0 Å². The van der Waals surface area contributed by atoms with Gasteiger partial charge in [0.25, 0.3) is 5.56 Å². The lowest BCUT2D eigenvalue weighted by molar-refractivity contribution is 0.337. The largest absolute Gasteiger partial charge is 0.366 e. The number of rotatable bonds is 1. The second-order valence-corrected chi connectivity index (χ2v) is 4.46. The molecule has 1 unspecified atom stereocenters. The maximum atomic E-state index is 11.2. The zero-order valence-corrected chi connectivity index (χ0v) is 9.81. The number of aromatic amines is 1. The van der Waals surface area contributed by atoms with E-state index in [4.69, 9.17) is 0 Å². The SMILES string of the molecule is CC1CN(C)CCCN1c1cn[nH]c(=O)c1.